The summed E-state index contributed by atoms with van der Waals surface area (Å²) in [6, 6.07) is 4.22. The maximum Gasteiger partial charge on any atom is 0.242 e. The fourth-order valence-corrected chi connectivity index (χ4v) is 2.50. The molecule has 98 valence electrons. The number of carbonyl (C=O) groups is 1. The van der Waals surface area contributed by atoms with Gasteiger partial charge in [0.05, 0.1) is 6.04 Å². The van der Waals surface area contributed by atoms with Gasteiger partial charge >= 0.3 is 0 Å². The van der Waals surface area contributed by atoms with E-state index in [2.05, 4.69) is 29.0 Å². The molecule has 0 bridgehead atoms. The van der Waals surface area contributed by atoms with Crippen molar-refractivity contribution in [1.29, 1.82) is 0 Å². The number of anilines is 1. The van der Waals surface area contributed by atoms with Gasteiger partial charge in [-0.1, -0.05) is 0 Å². The molecule has 0 radical (unpaired) electrons. The first kappa shape index (κ1) is 13.0. The topological polar surface area (TPSA) is 45.2 Å². The predicted molar refractivity (Wildman–Crippen MR) is 72.5 cm³/mol. The molecule has 1 fully saturated rings. The number of likely N-dealkylation sites (tertiary alicyclic amines) is 1. The Morgan fingerprint density at radius 3 is 3.00 bits per heavy atom. The Bertz CT molecular complexity index is 431. The lowest BCUT2D eigenvalue weighted by molar-refractivity contribution is -0.120. The van der Waals surface area contributed by atoms with E-state index < -0.39 is 0 Å². The van der Waals surface area contributed by atoms with Crippen LogP contribution in [0.2, 0.25) is 0 Å². The molecule has 1 amide bonds. The maximum atomic E-state index is 12.2. The standard InChI is InChI=1S/C14H21N3O/c1-10(2)17-8-4-5-12(17)14(18)16-13-9-11(3)6-7-15-13/h6-7,9-10,12H,4-5,8H2,1-3H3,(H,15,16,18). The van der Waals surface area contributed by atoms with Gasteiger partial charge in [-0.2, -0.15) is 0 Å². The molecule has 18 heavy (non-hydrogen) atoms. The zero-order valence-electron chi connectivity index (χ0n) is 11.3. The van der Waals surface area contributed by atoms with Gasteiger partial charge in [0, 0.05) is 12.2 Å². The number of hydrogen-bond acceptors (Lipinski definition) is 3. The molecule has 0 spiro atoms. The van der Waals surface area contributed by atoms with Crippen LogP contribution in [-0.4, -0.2) is 34.4 Å². The van der Waals surface area contributed by atoms with Crippen LogP contribution < -0.4 is 5.32 Å². The third-order valence-electron chi connectivity index (χ3n) is 3.43. The fourth-order valence-electron chi connectivity index (χ4n) is 2.50. The summed E-state index contributed by atoms with van der Waals surface area (Å²) in [6.07, 6.45) is 3.76. The number of hydrogen-bond donors (Lipinski definition) is 1. The van der Waals surface area contributed by atoms with Crippen molar-refractivity contribution in [2.45, 2.75) is 45.7 Å². The number of rotatable bonds is 3. The summed E-state index contributed by atoms with van der Waals surface area (Å²) in [5.41, 5.74) is 1.10. The molecule has 0 aromatic carbocycles. The minimum Gasteiger partial charge on any atom is -0.309 e. The third-order valence-corrected chi connectivity index (χ3v) is 3.43. The number of carbonyl (C=O) groups excluding carboxylic acids is 1. The Kier molecular flexibility index (Phi) is 3.97. The summed E-state index contributed by atoms with van der Waals surface area (Å²) in [5, 5.41) is 2.92. The summed E-state index contributed by atoms with van der Waals surface area (Å²) in [5.74, 6) is 0.718. The second-order valence-corrected chi connectivity index (χ2v) is 5.20. The van der Waals surface area contributed by atoms with Crippen LogP contribution in [0.15, 0.2) is 18.3 Å². The van der Waals surface area contributed by atoms with Crippen molar-refractivity contribution in [3.8, 4) is 0 Å². The van der Waals surface area contributed by atoms with Crippen LogP contribution in [0.4, 0.5) is 5.82 Å². The van der Waals surface area contributed by atoms with Gasteiger partial charge in [-0.3, -0.25) is 9.69 Å². The normalized spacial score (nSPS) is 20.3. The van der Waals surface area contributed by atoms with Crippen molar-refractivity contribution in [2.75, 3.05) is 11.9 Å². The van der Waals surface area contributed by atoms with Gasteiger partial charge in [-0.15, -0.1) is 0 Å². The largest absolute Gasteiger partial charge is 0.309 e. The van der Waals surface area contributed by atoms with Crippen molar-refractivity contribution >= 4 is 11.7 Å². The highest BCUT2D eigenvalue weighted by Gasteiger charge is 2.32. The van der Waals surface area contributed by atoms with Crippen molar-refractivity contribution in [3.05, 3.63) is 23.9 Å². The molecule has 0 saturated carbocycles. The molecule has 2 heterocycles. The monoisotopic (exact) mass is 247 g/mol. The van der Waals surface area contributed by atoms with Crippen LogP contribution in [0.25, 0.3) is 0 Å². The van der Waals surface area contributed by atoms with Gasteiger partial charge in [-0.05, 0) is 57.9 Å². The number of aryl methyl sites for hydroxylation is 1. The van der Waals surface area contributed by atoms with E-state index >= 15 is 0 Å². The summed E-state index contributed by atoms with van der Waals surface area (Å²) >= 11 is 0. The van der Waals surface area contributed by atoms with Gasteiger partial charge < -0.3 is 5.32 Å². The second kappa shape index (κ2) is 5.48. The van der Waals surface area contributed by atoms with Gasteiger partial charge in [0.15, 0.2) is 0 Å². The lowest BCUT2D eigenvalue weighted by Crippen LogP contribution is -2.43. The average Bonchev–Trinajstić information content (AvgIpc) is 2.77. The minimum atomic E-state index is -0.00712. The fraction of sp³-hybridized carbons (Fsp3) is 0.571. The molecule has 0 aliphatic carbocycles. The minimum absolute atomic E-state index is 0.00712. The zero-order valence-corrected chi connectivity index (χ0v) is 11.3. The maximum absolute atomic E-state index is 12.2. The highest BCUT2D eigenvalue weighted by Crippen LogP contribution is 2.21. The first-order valence-electron chi connectivity index (χ1n) is 6.57. The number of pyridine rings is 1. The Balaban J connectivity index is 2.03. The van der Waals surface area contributed by atoms with Crippen molar-refractivity contribution in [3.63, 3.8) is 0 Å². The molecular weight excluding hydrogens is 226 g/mol. The molecule has 1 aliphatic heterocycles. The van der Waals surface area contributed by atoms with Crippen molar-refractivity contribution < 1.29 is 4.79 Å². The molecule has 2 rings (SSSR count). The zero-order chi connectivity index (χ0) is 13.1. The lowest BCUT2D eigenvalue weighted by atomic mass is 10.2. The van der Waals surface area contributed by atoms with E-state index in [1.807, 2.05) is 19.1 Å². The Morgan fingerprint density at radius 1 is 1.56 bits per heavy atom. The van der Waals surface area contributed by atoms with Crippen LogP contribution >= 0.6 is 0 Å². The average molecular weight is 247 g/mol. The Labute approximate surface area is 108 Å². The third kappa shape index (κ3) is 2.88. The van der Waals surface area contributed by atoms with Crippen molar-refractivity contribution in [2.24, 2.45) is 0 Å². The lowest BCUT2D eigenvalue weighted by Gasteiger charge is -2.27. The van der Waals surface area contributed by atoms with E-state index in [1.165, 1.54) is 0 Å². The molecule has 4 heteroatoms. The molecule has 1 aliphatic rings. The van der Waals surface area contributed by atoms with E-state index in [-0.39, 0.29) is 11.9 Å². The molecular formula is C14H21N3O. The second-order valence-electron chi connectivity index (χ2n) is 5.20. The van der Waals surface area contributed by atoms with Gasteiger partial charge in [0.25, 0.3) is 0 Å². The molecule has 1 unspecified atom stereocenters. The highest BCUT2D eigenvalue weighted by molar-refractivity contribution is 5.94. The van der Waals surface area contributed by atoms with E-state index in [1.54, 1.807) is 6.20 Å². The van der Waals surface area contributed by atoms with Gasteiger partial charge in [0.1, 0.15) is 5.82 Å². The molecule has 1 atom stereocenters. The van der Waals surface area contributed by atoms with Gasteiger partial charge in [-0.25, -0.2) is 4.98 Å². The first-order valence-corrected chi connectivity index (χ1v) is 6.57. The summed E-state index contributed by atoms with van der Waals surface area (Å²) in [7, 11) is 0. The smallest absolute Gasteiger partial charge is 0.242 e. The molecule has 1 aromatic heterocycles. The summed E-state index contributed by atoms with van der Waals surface area (Å²) in [6.45, 7) is 7.28. The molecule has 1 N–H and O–H groups in total. The van der Waals surface area contributed by atoms with E-state index in [0.717, 1.165) is 24.9 Å². The molecule has 4 nitrogen and oxygen atoms in total. The van der Waals surface area contributed by atoms with E-state index in [0.29, 0.717) is 11.9 Å². The number of aromatic nitrogens is 1. The number of nitrogens with zero attached hydrogens (tertiary/aromatic N) is 2. The predicted octanol–water partition coefficient (Wildman–Crippen LogP) is 2.20. The molecule has 1 saturated heterocycles. The van der Waals surface area contributed by atoms with Crippen LogP contribution in [0, 0.1) is 6.92 Å². The number of amides is 1. The van der Waals surface area contributed by atoms with E-state index in [4.69, 9.17) is 0 Å². The summed E-state index contributed by atoms with van der Waals surface area (Å²) in [4.78, 5) is 18.7. The highest BCUT2D eigenvalue weighted by atomic mass is 16.2. The van der Waals surface area contributed by atoms with Crippen LogP contribution in [-0.2, 0) is 4.79 Å². The summed E-state index contributed by atoms with van der Waals surface area (Å²) < 4.78 is 0. The molecule has 1 aromatic rings. The van der Waals surface area contributed by atoms with Crippen molar-refractivity contribution in [1.82, 2.24) is 9.88 Å². The van der Waals surface area contributed by atoms with Crippen LogP contribution in [0.5, 0.6) is 0 Å². The van der Waals surface area contributed by atoms with Gasteiger partial charge in [0.2, 0.25) is 5.91 Å². The SMILES string of the molecule is Cc1ccnc(NC(=O)C2CCCN2C(C)C)c1. The van der Waals surface area contributed by atoms with E-state index in [9.17, 15) is 4.79 Å². The van der Waals surface area contributed by atoms with Crippen LogP contribution in [0.3, 0.4) is 0 Å². The quantitative estimate of drug-likeness (QED) is 0.890. The van der Waals surface area contributed by atoms with Crippen LogP contribution in [0.1, 0.15) is 32.3 Å². The number of nitrogens with one attached hydrogen (secondary N) is 1. The first-order chi connectivity index (χ1) is 8.58. The Hall–Kier alpha value is -1.42. The Morgan fingerprint density at radius 2 is 2.33 bits per heavy atom.